The van der Waals surface area contributed by atoms with Crippen LogP contribution in [-0.2, 0) is 0 Å². The van der Waals surface area contributed by atoms with E-state index in [9.17, 15) is 4.79 Å². The predicted octanol–water partition coefficient (Wildman–Crippen LogP) is 1.46. The summed E-state index contributed by atoms with van der Waals surface area (Å²) in [4.78, 5) is 12.1. The summed E-state index contributed by atoms with van der Waals surface area (Å²) < 4.78 is 0. The number of nitrogens with one attached hydrogen (secondary N) is 1. The fraction of sp³-hybridized carbons (Fsp3) is 0.333. The highest BCUT2D eigenvalue weighted by atomic mass is 32.1. The highest BCUT2D eigenvalue weighted by Crippen LogP contribution is 2.29. The quantitative estimate of drug-likeness (QED) is 0.778. The molecule has 0 aliphatic heterocycles. The second-order valence-electron chi connectivity index (χ2n) is 4.24. The summed E-state index contributed by atoms with van der Waals surface area (Å²) in [5.41, 5.74) is 6.86. The Morgan fingerprint density at radius 3 is 2.69 bits per heavy atom. The smallest absolute Gasteiger partial charge is 0.251 e. The molecule has 3 N–H and O–H groups in total. The third-order valence-electron chi connectivity index (χ3n) is 2.84. The second-order valence-corrected chi connectivity index (χ2v) is 4.68. The number of hydrogen-bond donors (Lipinski definition) is 2. The van der Waals surface area contributed by atoms with Crippen LogP contribution in [0.1, 0.15) is 29.3 Å². The number of rotatable bonds is 3. The largest absolute Gasteiger partial charge is 0.389 e. The molecule has 1 aliphatic carbocycles. The first kappa shape index (κ1) is 11.1. The number of thiocarbonyl (C=S) groups is 1. The standard InChI is InChI=1S/C12H14N2OS/c1-7-5-10(7)14-12(15)9-4-2-3-8(6-9)11(13)16/h2-4,6-7,10H,5H2,1H3,(H2,13,16)(H,14,15). The minimum absolute atomic E-state index is 0.0487. The van der Waals surface area contributed by atoms with Gasteiger partial charge in [-0.1, -0.05) is 31.3 Å². The van der Waals surface area contributed by atoms with Crippen LogP contribution < -0.4 is 11.1 Å². The molecule has 0 bridgehead atoms. The molecule has 2 atom stereocenters. The summed E-state index contributed by atoms with van der Waals surface area (Å²) in [6, 6.07) is 7.42. The Morgan fingerprint density at radius 2 is 2.12 bits per heavy atom. The summed E-state index contributed by atoms with van der Waals surface area (Å²) in [5, 5.41) is 2.96. The van der Waals surface area contributed by atoms with E-state index in [0.29, 0.717) is 22.5 Å². The van der Waals surface area contributed by atoms with E-state index in [4.69, 9.17) is 18.0 Å². The van der Waals surface area contributed by atoms with Crippen molar-refractivity contribution in [2.75, 3.05) is 0 Å². The van der Waals surface area contributed by atoms with Crippen LogP contribution in [0.5, 0.6) is 0 Å². The van der Waals surface area contributed by atoms with Crippen LogP contribution in [0.15, 0.2) is 24.3 Å². The van der Waals surface area contributed by atoms with E-state index in [2.05, 4.69) is 12.2 Å². The summed E-state index contributed by atoms with van der Waals surface area (Å²) in [6.45, 7) is 2.12. The molecule has 1 saturated carbocycles. The molecule has 0 heterocycles. The van der Waals surface area contributed by atoms with E-state index in [1.54, 1.807) is 24.3 Å². The van der Waals surface area contributed by atoms with Crippen molar-refractivity contribution >= 4 is 23.1 Å². The van der Waals surface area contributed by atoms with Crippen LogP contribution in [0.4, 0.5) is 0 Å². The lowest BCUT2D eigenvalue weighted by Crippen LogP contribution is -2.26. The molecule has 2 unspecified atom stereocenters. The van der Waals surface area contributed by atoms with E-state index in [1.807, 2.05) is 0 Å². The molecule has 1 amide bonds. The SMILES string of the molecule is CC1CC1NC(=O)c1cccc(C(N)=S)c1. The normalized spacial score (nSPS) is 22.6. The molecular weight excluding hydrogens is 220 g/mol. The maximum atomic E-state index is 11.8. The predicted molar refractivity (Wildman–Crippen MR) is 67.4 cm³/mol. The van der Waals surface area contributed by atoms with Crippen molar-refractivity contribution < 1.29 is 4.79 Å². The second kappa shape index (κ2) is 4.22. The van der Waals surface area contributed by atoms with Gasteiger partial charge in [-0.15, -0.1) is 0 Å². The molecule has 0 radical (unpaired) electrons. The first-order valence-electron chi connectivity index (χ1n) is 5.28. The van der Waals surface area contributed by atoms with E-state index < -0.39 is 0 Å². The Balaban J connectivity index is 2.10. The number of carbonyl (C=O) groups is 1. The lowest BCUT2D eigenvalue weighted by atomic mass is 10.1. The zero-order valence-electron chi connectivity index (χ0n) is 9.07. The first-order valence-corrected chi connectivity index (χ1v) is 5.69. The number of carbonyl (C=O) groups excluding carboxylic acids is 1. The third-order valence-corrected chi connectivity index (χ3v) is 3.07. The molecule has 1 aliphatic rings. The number of amides is 1. The molecule has 1 fully saturated rings. The van der Waals surface area contributed by atoms with Crippen LogP contribution in [0.25, 0.3) is 0 Å². The van der Waals surface area contributed by atoms with Gasteiger partial charge in [0.2, 0.25) is 0 Å². The highest BCUT2D eigenvalue weighted by molar-refractivity contribution is 7.80. The van der Waals surface area contributed by atoms with Gasteiger partial charge in [0, 0.05) is 17.2 Å². The van der Waals surface area contributed by atoms with Gasteiger partial charge in [0.05, 0.1) is 0 Å². The van der Waals surface area contributed by atoms with E-state index in [0.717, 1.165) is 12.0 Å². The van der Waals surface area contributed by atoms with Gasteiger partial charge < -0.3 is 11.1 Å². The average Bonchev–Trinajstić information content (AvgIpc) is 2.94. The highest BCUT2D eigenvalue weighted by Gasteiger charge is 2.33. The molecule has 0 spiro atoms. The summed E-state index contributed by atoms with van der Waals surface area (Å²) in [6.07, 6.45) is 1.07. The Hall–Kier alpha value is -1.42. The van der Waals surface area contributed by atoms with Crippen LogP contribution >= 0.6 is 12.2 Å². The van der Waals surface area contributed by atoms with Crippen molar-refractivity contribution in [1.82, 2.24) is 5.32 Å². The minimum atomic E-state index is -0.0487. The topological polar surface area (TPSA) is 55.1 Å². The molecule has 1 aromatic carbocycles. The Morgan fingerprint density at radius 1 is 1.50 bits per heavy atom. The molecule has 16 heavy (non-hydrogen) atoms. The van der Waals surface area contributed by atoms with Gasteiger partial charge in [0.25, 0.3) is 5.91 Å². The van der Waals surface area contributed by atoms with Crippen molar-refractivity contribution in [3.63, 3.8) is 0 Å². The van der Waals surface area contributed by atoms with Crippen molar-refractivity contribution in [1.29, 1.82) is 0 Å². The molecule has 4 heteroatoms. The Bertz CT molecular complexity index is 444. The van der Waals surface area contributed by atoms with Gasteiger partial charge in [-0.05, 0) is 24.5 Å². The van der Waals surface area contributed by atoms with Crippen LogP contribution in [-0.4, -0.2) is 16.9 Å². The maximum Gasteiger partial charge on any atom is 0.251 e. The van der Waals surface area contributed by atoms with Crippen LogP contribution in [0.2, 0.25) is 0 Å². The molecule has 3 nitrogen and oxygen atoms in total. The summed E-state index contributed by atoms with van der Waals surface area (Å²) in [7, 11) is 0. The van der Waals surface area contributed by atoms with E-state index in [-0.39, 0.29) is 5.91 Å². The van der Waals surface area contributed by atoms with Gasteiger partial charge >= 0.3 is 0 Å². The monoisotopic (exact) mass is 234 g/mol. The Labute approximate surface area is 100 Å². The lowest BCUT2D eigenvalue weighted by molar-refractivity contribution is 0.0949. The zero-order chi connectivity index (χ0) is 11.7. The first-order chi connectivity index (χ1) is 7.58. The van der Waals surface area contributed by atoms with Crippen molar-refractivity contribution in [3.8, 4) is 0 Å². The van der Waals surface area contributed by atoms with Gasteiger partial charge in [-0.25, -0.2) is 0 Å². The van der Waals surface area contributed by atoms with E-state index >= 15 is 0 Å². The molecule has 84 valence electrons. The van der Waals surface area contributed by atoms with Crippen molar-refractivity contribution in [2.45, 2.75) is 19.4 Å². The van der Waals surface area contributed by atoms with Gasteiger partial charge in [-0.2, -0.15) is 0 Å². The number of nitrogens with two attached hydrogens (primary N) is 1. The number of benzene rings is 1. The fourth-order valence-electron chi connectivity index (χ4n) is 1.59. The minimum Gasteiger partial charge on any atom is -0.389 e. The van der Waals surface area contributed by atoms with Crippen molar-refractivity contribution in [2.24, 2.45) is 11.7 Å². The average molecular weight is 234 g/mol. The lowest BCUT2D eigenvalue weighted by Gasteiger charge is -2.05. The maximum absolute atomic E-state index is 11.8. The third kappa shape index (κ3) is 2.39. The fourth-order valence-corrected chi connectivity index (χ4v) is 1.72. The molecule has 2 rings (SSSR count). The Kier molecular flexibility index (Phi) is 2.92. The van der Waals surface area contributed by atoms with Crippen LogP contribution in [0.3, 0.4) is 0 Å². The molecule has 0 saturated heterocycles. The van der Waals surface area contributed by atoms with Crippen LogP contribution in [0, 0.1) is 5.92 Å². The zero-order valence-corrected chi connectivity index (χ0v) is 9.88. The molecule has 0 aromatic heterocycles. The van der Waals surface area contributed by atoms with Gasteiger partial charge in [0.1, 0.15) is 4.99 Å². The summed E-state index contributed by atoms with van der Waals surface area (Å²) >= 11 is 4.87. The van der Waals surface area contributed by atoms with Crippen molar-refractivity contribution in [3.05, 3.63) is 35.4 Å². The van der Waals surface area contributed by atoms with E-state index in [1.165, 1.54) is 0 Å². The number of hydrogen-bond acceptors (Lipinski definition) is 2. The van der Waals surface area contributed by atoms with Gasteiger partial charge in [0.15, 0.2) is 0 Å². The molecule has 1 aromatic rings. The molecular formula is C12H14N2OS. The summed E-state index contributed by atoms with van der Waals surface area (Å²) in [5.74, 6) is 0.551. The van der Waals surface area contributed by atoms with Gasteiger partial charge in [-0.3, -0.25) is 4.79 Å².